The first-order chi connectivity index (χ1) is 13.5. The van der Waals surface area contributed by atoms with Crippen LogP contribution >= 0.6 is 11.6 Å². The fourth-order valence-corrected chi connectivity index (χ4v) is 2.61. The maximum absolute atomic E-state index is 12.7. The number of nitro benzene ring substituents is 1. The van der Waals surface area contributed by atoms with E-state index in [-0.39, 0.29) is 34.3 Å². The van der Waals surface area contributed by atoms with Crippen molar-refractivity contribution in [2.24, 2.45) is 0 Å². The van der Waals surface area contributed by atoms with Crippen molar-refractivity contribution in [1.82, 2.24) is 0 Å². The summed E-state index contributed by atoms with van der Waals surface area (Å²) in [7, 11) is 1.22. The summed E-state index contributed by atoms with van der Waals surface area (Å²) >= 11 is 5.86. The van der Waals surface area contributed by atoms with E-state index in [0.717, 1.165) is 18.2 Å². The second-order valence-electron chi connectivity index (χ2n) is 6.01. The molecule has 0 aliphatic rings. The van der Waals surface area contributed by atoms with Crippen molar-refractivity contribution < 1.29 is 32.4 Å². The maximum atomic E-state index is 12.7. The standard InChI is InChI=1S/C18H16ClF3N2O5/c1-10(7-17(25)28-2)23-14-9-12(4-5-15(14)24(26)27)29-16-6-3-11(8-13(16)19)18(20,21)22/h3-6,8-10,23H,7H2,1-2H3. The van der Waals surface area contributed by atoms with Crippen LogP contribution in [0.4, 0.5) is 24.5 Å². The van der Waals surface area contributed by atoms with Crippen molar-refractivity contribution in [1.29, 1.82) is 0 Å². The van der Waals surface area contributed by atoms with Crippen LogP contribution in [0.5, 0.6) is 11.5 Å². The van der Waals surface area contributed by atoms with Gasteiger partial charge >= 0.3 is 12.1 Å². The molecule has 7 nitrogen and oxygen atoms in total. The minimum Gasteiger partial charge on any atom is -0.469 e. The van der Waals surface area contributed by atoms with Crippen LogP contribution in [0.15, 0.2) is 36.4 Å². The Morgan fingerprint density at radius 1 is 1.28 bits per heavy atom. The summed E-state index contributed by atoms with van der Waals surface area (Å²) in [6, 6.07) is 5.83. The van der Waals surface area contributed by atoms with Gasteiger partial charge in [-0.05, 0) is 31.2 Å². The van der Waals surface area contributed by atoms with Gasteiger partial charge in [0.25, 0.3) is 5.69 Å². The highest BCUT2D eigenvalue weighted by atomic mass is 35.5. The molecule has 0 amide bonds. The minimum absolute atomic E-state index is 0.0382. The Balaban J connectivity index is 2.28. The largest absolute Gasteiger partial charge is 0.469 e. The lowest BCUT2D eigenvalue weighted by Crippen LogP contribution is -2.20. The van der Waals surface area contributed by atoms with Crippen LogP contribution in [-0.2, 0) is 15.7 Å². The normalized spacial score (nSPS) is 12.2. The van der Waals surface area contributed by atoms with Gasteiger partial charge in [-0.1, -0.05) is 11.6 Å². The van der Waals surface area contributed by atoms with Crippen LogP contribution < -0.4 is 10.1 Å². The van der Waals surface area contributed by atoms with E-state index in [1.807, 2.05) is 0 Å². The van der Waals surface area contributed by atoms with Gasteiger partial charge in [0.05, 0.1) is 29.0 Å². The van der Waals surface area contributed by atoms with Gasteiger partial charge in [-0.3, -0.25) is 14.9 Å². The van der Waals surface area contributed by atoms with Gasteiger partial charge in [0.15, 0.2) is 0 Å². The quantitative estimate of drug-likeness (QED) is 0.357. The van der Waals surface area contributed by atoms with E-state index < -0.39 is 28.7 Å². The molecule has 0 heterocycles. The number of carbonyl (C=O) groups is 1. The first-order valence-electron chi connectivity index (χ1n) is 8.17. The molecule has 2 aromatic carbocycles. The van der Waals surface area contributed by atoms with Crippen LogP contribution in [-0.4, -0.2) is 24.0 Å². The zero-order valence-corrected chi connectivity index (χ0v) is 16.0. The summed E-state index contributed by atoms with van der Waals surface area (Å²) in [6.07, 6.45) is -4.59. The molecule has 0 radical (unpaired) electrons. The molecule has 11 heteroatoms. The highest BCUT2D eigenvalue weighted by molar-refractivity contribution is 6.32. The van der Waals surface area contributed by atoms with Crippen molar-refractivity contribution in [3.63, 3.8) is 0 Å². The Hall–Kier alpha value is -3.01. The number of ether oxygens (including phenoxy) is 2. The van der Waals surface area contributed by atoms with Gasteiger partial charge in [0.1, 0.15) is 17.2 Å². The van der Waals surface area contributed by atoms with E-state index in [4.69, 9.17) is 16.3 Å². The van der Waals surface area contributed by atoms with Gasteiger partial charge in [0, 0.05) is 18.2 Å². The lowest BCUT2D eigenvalue weighted by atomic mass is 10.2. The van der Waals surface area contributed by atoms with E-state index in [2.05, 4.69) is 10.1 Å². The second kappa shape index (κ2) is 8.99. The van der Waals surface area contributed by atoms with Crippen molar-refractivity contribution in [3.8, 4) is 11.5 Å². The molecule has 156 valence electrons. The molecule has 1 atom stereocenters. The number of nitrogens with zero attached hydrogens (tertiary/aromatic N) is 1. The number of alkyl halides is 3. The number of nitrogens with one attached hydrogen (secondary N) is 1. The number of hydrogen-bond donors (Lipinski definition) is 1. The molecule has 2 aromatic rings. The Morgan fingerprint density at radius 3 is 2.52 bits per heavy atom. The van der Waals surface area contributed by atoms with Crippen LogP contribution in [0.3, 0.4) is 0 Å². The van der Waals surface area contributed by atoms with Gasteiger partial charge in [-0.15, -0.1) is 0 Å². The highest BCUT2D eigenvalue weighted by Crippen LogP contribution is 2.38. The number of hydrogen-bond acceptors (Lipinski definition) is 6. The smallest absolute Gasteiger partial charge is 0.416 e. The predicted molar refractivity (Wildman–Crippen MR) is 99.3 cm³/mol. The number of esters is 1. The zero-order chi connectivity index (χ0) is 21.8. The van der Waals surface area contributed by atoms with Crippen LogP contribution in [0.1, 0.15) is 18.9 Å². The average Bonchev–Trinajstić information content (AvgIpc) is 2.62. The van der Waals surface area contributed by atoms with Gasteiger partial charge < -0.3 is 14.8 Å². The van der Waals surface area contributed by atoms with Crippen LogP contribution in [0.25, 0.3) is 0 Å². The fraction of sp³-hybridized carbons (Fsp3) is 0.278. The zero-order valence-electron chi connectivity index (χ0n) is 15.2. The molecule has 2 rings (SSSR count). The van der Waals surface area contributed by atoms with Crippen molar-refractivity contribution in [3.05, 3.63) is 57.1 Å². The molecule has 0 fully saturated rings. The third-order valence-corrected chi connectivity index (χ3v) is 4.05. The van der Waals surface area contributed by atoms with Crippen LogP contribution in [0, 0.1) is 10.1 Å². The lowest BCUT2D eigenvalue weighted by molar-refractivity contribution is -0.384. The average molecular weight is 433 g/mol. The molecule has 29 heavy (non-hydrogen) atoms. The van der Waals surface area contributed by atoms with E-state index in [1.54, 1.807) is 6.92 Å². The van der Waals surface area contributed by atoms with Gasteiger partial charge in [0.2, 0.25) is 0 Å². The summed E-state index contributed by atoms with van der Waals surface area (Å²) in [5, 5.41) is 13.8. The molecular formula is C18H16ClF3N2O5. The predicted octanol–water partition coefficient (Wildman–Crippen LogP) is 5.42. The number of benzene rings is 2. The lowest BCUT2D eigenvalue weighted by Gasteiger charge is -2.16. The molecule has 1 N–H and O–H groups in total. The third kappa shape index (κ3) is 5.98. The molecule has 0 spiro atoms. The summed E-state index contributed by atoms with van der Waals surface area (Å²) in [4.78, 5) is 22.0. The maximum Gasteiger partial charge on any atom is 0.416 e. The van der Waals surface area contributed by atoms with Crippen LogP contribution in [0.2, 0.25) is 5.02 Å². The van der Waals surface area contributed by atoms with Crippen molar-refractivity contribution >= 4 is 28.9 Å². The number of halogens is 4. The monoisotopic (exact) mass is 432 g/mol. The molecule has 1 unspecified atom stereocenters. The molecule has 0 aromatic heterocycles. The Morgan fingerprint density at radius 2 is 1.97 bits per heavy atom. The molecule has 0 saturated heterocycles. The molecule has 0 aliphatic heterocycles. The first-order valence-corrected chi connectivity index (χ1v) is 8.55. The first kappa shape index (κ1) is 22.3. The summed E-state index contributed by atoms with van der Waals surface area (Å²) in [6.45, 7) is 1.63. The van der Waals surface area contributed by atoms with Gasteiger partial charge in [-0.25, -0.2) is 0 Å². The third-order valence-electron chi connectivity index (χ3n) is 3.75. The fourth-order valence-electron chi connectivity index (χ4n) is 2.39. The minimum atomic E-state index is -4.55. The topological polar surface area (TPSA) is 90.7 Å². The number of carbonyl (C=O) groups excluding carboxylic acids is 1. The Bertz CT molecular complexity index is 921. The molecular weight excluding hydrogens is 417 g/mol. The SMILES string of the molecule is COC(=O)CC(C)Nc1cc(Oc2ccc(C(F)(F)F)cc2Cl)ccc1[N+](=O)[O-]. The number of rotatable bonds is 7. The molecule has 0 saturated carbocycles. The van der Waals surface area contributed by atoms with Crippen molar-refractivity contribution in [2.75, 3.05) is 12.4 Å². The Kier molecular flexibility index (Phi) is 6.91. The van der Waals surface area contributed by atoms with Crippen molar-refractivity contribution in [2.45, 2.75) is 25.6 Å². The van der Waals surface area contributed by atoms with E-state index in [9.17, 15) is 28.1 Å². The number of anilines is 1. The highest BCUT2D eigenvalue weighted by Gasteiger charge is 2.31. The second-order valence-corrected chi connectivity index (χ2v) is 6.41. The number of methoxy groups -OCH3 is 1. The van der Waals surface area contributed by atoms with E-state index in [0.29, 0.717) is 0 Å². The Labute approximate surface area is 168 Å². The summed E-state index contributed by atoms with van der Waals surface area (Å²) in [5.41, 5.74) is -1.14. The number of nitro groups is 1. The van der Waals surface area contributed by atoms with E-state index >= 15 is 0 Å². The van der Waals surface area contributed by atoms with E-state index in [1.165, 1.54) is 25.3 Å². The molecule has 0 aliphatic carbocycles. The molecule has 0 bridgehead atoms. The van der Waals surface area contributed by atoms with Gasteiger partial charge in [-0.2, -0.15) is 13.2 Å². The summed E-state index contributed by atoms with van der Waals surface area (Å²) < 4.78 is 48.2. The summed E-state index contributed by atoms with van der Waals surface area (Å²) in [5.74, 6) is -0.455.